The van der Waals surface area contributed by atoms with Crippen molar-refractivity contribution in [1.82, 2.24) is 10.2 Å². The molecule has 23 heavy (non-hydrogen) atoms. The van der Waals surface area contributed by atoms with Crippen LogP contribution in [0.4, 0.5) is 6.01 Å². The van der Waals surface area contributed by atoms with Gasteiger partial charge in [0.15, 0.2) is 0 Å². The molecule has 3 aromatic rings. The maximum Gasteiger partial charge on any atom is 0.322 e. The van der Waals surface area contributed by atoms with Gasteiger partial charge < -0.3 is 4.42 Å². The molecular weight excluding hydrogens is 314 g/mol. The lowest BCUT2D eigenvalue weighted by Crippen LogP contribution is -2.11. The summed E-state index contributed by atoms with van der Waals surface area (Å²) in [6.45, 7) is 2.03. The Kier molecular flexibility index (Phi) is 4.39. The van der Waals surface area contributed by atoms with Crippen LogP contribution >= 0.6 is 11.6 Å². The fraction of sp³-hybridized carbons (Fsp3) is 0.118. The van der Waals surface area contributed by atoms with Crippen LogP contribution in [0.15, 0.2) is 52.9 Å². The van der Waals surface area contributed by atoms with E-state index in [1.165, 1.54) is 5.56 Å². The average Bonchev–Trinajstić information content (AvgIpc) is 2.96. The minimum Gasteiger partial charge on any atom is -0.407 e. The fourth-order valence-electron chi connectivity index (χ4n) is 2.06. The maximum atomic E-state index is 12.1. The van der Waals surface area contributed by atoms with Crippen LogP contribution in [-0.2, 0) is 6.42 Å². The van der Waals surface area contributed by atoms with Crippen LogP contribution in [0.25, 0.3) is 0 Å². The van der Waals surface area contributed by atoms with Gasteiger partial charge in [-0.15, -0.1) is 5.10 Å². The van der Waals surface area contributed by atoms with E-state index in [1.54, 1.807) is 24.3 Å². The van der Waals surface area contributed by atoms with Gasteiger partial charge in [-0.05, 0) is 30.7 Å². The summed E-state index contributed by atoms with van der Waals surface area (Å²) in [5.74, 6) is 0.0910. The predicted octanol–water partition coefficient (Wildman–Crippen LogP) is 3.87. The Balaban J connectivity index is 1.67. The minimum atomic E-state index is -0.349. The normalized spacial score (nSPS) is 10.5. The monoisotopic (exact) mass is 327 g/mol. The Hall–Kier alpha value is -2.66. The summed E-state index contributed by atoms with van der Waals surface area (Å²) < 4.78 is 5.45. The van der Waals surface area contributed by atoms with Gasteiger partial charge in [0, 0.05) is 10.6 Å². The summed E-state index contributed by atoms with van der Waals surface area (Å²) in [5, 5.41) is 10.8. The van der Waals surface area contributed by atoms with Gasteiger partial charge in [0.2, 0.25) is 5.89 Å². The molecule has 5 nitrogen and oxygen atoms in total. The van der Waals surface area contributed by atoms with Crippen LogP contribution in [0, 0.1) is 6.92 Å². The number of aromatic nitrogens is 2. The largest absolute Gasteiger partial charge is 0.407 e. The van der Waals surface area contributed by atoms with E-state index in [2.05, 4.69) is 15.5 Å². The zero-order chi connectivity index (χ0) is 16.2. The number of amides is 1. The number of nitrogens with one attached hydrogen (secondary N) is 1. The Bertz CT molecular complexity index is 828. The Labute approximate surface area is 138 Å². The topological polar surface area (TPSA) is 68.0 Å². The molecule has 6 heteroatoms. The quantitative estimate of drug-likeness (QED) is 0.789. The number of rotatable bonds is 4. The lowest BCUT2D eigenvalue weighted by Gasteiger charge is -2.01. The summed E-state index contributed by atoms with van der Waals surface area (Å²) >= 11 is 5.87. The van der Waals surface area contributed by atoms with Gasteiger partial charge in [-0.1, -0.05) is 52.6 Å². The molecule has 1 heterocycles. The number of aryl methyl sites for hydroxylation is 1. The number of anilines is 1. The van der Waals surface area contributed by atoms with Crippen molar-refractivity contribution in [2.45, 2.75) is 13.3 Å². The molecule has 0 bridgehead atoms. The molecule has 0 spiro atoms. The second kappa shape index (κ2) is 6.62. The summed E-state index contributed by atoms with van der Waals surface area (Å²) in [5.41, 5.74) is 2.68. The van der Waals surface area contributed by atoms with E-state index in [9.17, 15) is 4.79 Å². The van der Waals surface area contributed by atoms with Gasteiger partial charge >= 0.3 is 6.01 Å². The Morgan fingerprint density at radius 2 is 1.96 bits per heavy atom. The number of carbonyl (C=O) groups is 1. The average molecular weight is 328 g/mol. The third-order valence-corrected chi connectivity index (χ3v) is 3.49. The zero-order valence-electron chi connectivity index (χ0n) is 12.4. The minimum absolute atomic E-state index is 0.0667. The summed E-state index contributed by atoms with van der Waals surface area (Å²) in [4.78, 5) is 12.1. The van der Waals surface area contributed by atoms with Crippen molar-refractivity contribution >= 4 is 23.5 Å². The first kappa shape index (κ1) is 15.2. The van der Waals surface area contributed by atoms with Gasteiger partial charge in [0.25, 0.3) is 5.91 Å². The molecule has 1 N–H and O–H groups in total. The second-order valence-corrected chi connectivity index (χ2v) is 5.56. The van der Waals surface area contributed by atoms with Crippen LogP contribution in [0.3, 0.4) is 0 Å². The smallest absolute Gasteiger partial charge is 0.322 e. The SMILES string of the molecule is Cc1ccc(Cc2nnc(NC(=O)c3cccc(Cl)c3)o2)cc1. The van der Waals surface area contributed by atoms with Crippen LogP contribution in [0.1, 0.15) is 27.4 Å². The molecule has 1 aromatic heterocycles. The van der Waals surface area contributed by atoms with Gasteiger partial charge in [-0.2, -0.15) is 0 Å². The number of halogens is 1. The van der Waals surface area contributed by atoms with E-state index in [-0.39, 0.29) is 11.9 Å². The maximum absolute atomic E-state index is 12.1. The van der Waals surface area contributed by atoms with Crippen molar-refractivity contribution in [3.8, 4) is 0 Å². The van der Waals surface area contributed by atoms with E-state index >= 15 is 0 Å². The number of carbonyl (C=O) groups excluding carboxylic acids is 1. The molecule has 0 aliphatic heterocycles. The fourth-order valence-corrected chi connectivity index (χ4v) is 2.25. The van der Waals surface area contributed by atoms with Crippen molar-refractivity contribution in [2.24, 2.45) is 0 Å². The zero-order valence-corrected chi connectivity index (χ0v) is 13.2. The summed E-state index contributed by atoms with van der Waals surface area (Å²) in [6, 6.07) is 14.7. The molecular formula is C17H14ClN3O2. The van der Waals surface area contributed by atoms with Crippen molar-refractivity contribution < 1.29 is 9.21 Å². The van der Waals surface area contributed by atoms with Crippen molar-refractivity contribution in [3.63, 3.8) is 0 Å². The molecule has 0 saturated carbocycles. The molecule has 116 valence electrons. The van der Waals surface area contributed by atoms with E-state index < -0.39 is 0 Å². The van der Waals surface area contributed by atoms with Gasteiger partial charge in [0.05, 0.1) is 6.42 Å². The van der Waals surface area contributed by atoms with Crippen molar-refractivity contribution in [1.29, 1.82) is 0 Å². The van der Waals surface area contributed by atoms with E-state index in [0.717, 1.165) is 5.56 Å². The summed E-state index contributed by atoms with van der Waals surface area (Å²) in [7, 11) is 0. The first-order chi connectivity index (χ1) is 11.1. The number of hydrogen-bond donors (Lipinski definition) is 1. The van der Waals surface area contributed by atoms with Gasteiger partial charge in [0.1, 0.15) is 0 Å². The standard InChI is InChI=1S/C17H14ClN3O2/c1-11-5-7-12(8-6-11)9-15-20-21-17(23-15)19-16(22)13-3-2-4-14(18)10-13/h2-8,10H,9H2,1H3,(H,19,21,22). The third kappa shape index (κ3) is 3.96. The molecule has 0 radical (unpaired) electrons. The molecule has 2 aromatic carbocycles. The number of nitrogens with zero attached hydrogens (tertiary/aromatic N) is 2. The lowest BCUT2D eigenvalue weighted by molar-refractivity contribution is 0.102. The molecule has 3 rings (SSSR count). The predicted molar refractivity (Wildman–Crippen MR) is 87.7 cm³/mol. The molecule has 1 amide bonds. The van der Waals surface area contributed by atoms with E-state index in [0.29, 0.717) is 22.9 Å². The van der Waals surface area contributed by atoms with E-state index in [1.807, 2.05) is 31.2 Å². The molecule has 0 unspecified atom stereocenters. The first-order valence-electron chi connectivity index (χ1n) is 7.05. The number of hydrogen-bond acceptors (Lipinski definition) is 4. The van der Waals surface area contributed by atoms with Crippen LogP contribution in [0.5, 0.6) is 0 Å². The van der Waals surface area contributed by atoms with E-state index in [4.69, 9.17) is 16.0 Å². The summed E-state index contributed by atoms with van der Waals surface area (Å²) in [6.07, 6.45) is 0.514. The van der Waals surface area contributed by atoms with Crippen LogP contribution < -0.4 is 5.32 Å². The highest BCUT2D eigenvalue weighted by Crippen LogP contribution is 2.15. The molecule has 0 aliphatic carbocycles. The van der Waals surface area contributed by atoms with Crippen molar-refractivity contribution in [3.05, 3.63) is 76.1 Å². The Morgan fingerprint density at radius 3 is 2.70 bits per heavy atom. The first-order valence-corrected chi connectivity index (χ1v) is 7.43. The Morgan fingerprint density at radius 1 is 1.17 bits per heavy atom. The van der Waals surface area contributed by atoms with Gasteiger partial charge in [-0.25, -0.2) is 0 Å². The van der Waals surface area contributed by atoms with Crippen molar-refractivity contribution in [2.75, 3.05) is 5.32 Å². The van der Waals surface area contributed by atoms with Crippen LogP contribution in [-0.4, -0.2) is 16.1 Å². The molecule has 0 saturated heterocycles. The lowest BCUT2D eigenvalue weighted by atomic mass is 10.1. The van der Waals surface area contributed by atoms with Gasteiger partial charge in [-0.3, -0.25) is 10.1 Å². The van der Waals surface area contributed by atoms with Crippen LogP contribution in [0.2, 0.25) is 5.02 Å². The highest BCUT2D eigenvalue weighted by Gasteiger charge is 2.12. The second-order valence-electron chi connectivity index (χ2n) is 5.13. The number of benzene rings is 2. The highest BCUT2D eigenvalue weighted by molar-refractivity contribution is 6.31. The molecule has 0 fully saturated rings. The molecule has 0 aliphatic rings. The molecule has 0 atom stereocenters. The third-order valence-electron chi connectivity index (χ3n) is 3.25. The highest BCUT2D eigenvalue weighted by atomic mass is 35.5.